The number of benzene rings is 2. The molecule has 0 aliphatic carbocycles. The van der Waals surface area contributed by atoms with E-state index >= 15 is 0 Å². The lowest BCUT2D eigenvalue weighted by Gasteiger charge is -2.10. The molecule has 0 unspecified atom stereocenters. The number of carbonyl (C=O) groups is 1. The molecule has 0 aliphatic heterocycles. The van der Waals surface area contributed by atoms with Crippen LogP contribution < -0.4 is 11.0 Å². The smallest absolute Gasteiger partial charge is 0.323 e. The van der Waals surface area contributed by atoms with Gasteiger partial charge in [-0.25, -0.2) is 4.79 Å². The van der Waals surface area contributed by atoms with Gasteiger partial charge >= 0.3 is 5.69 Å². The minimum Gasteiger partial charge on any atom is -0.323 e. The van der Waals surface area contributed by atoms with Crippen LogP contribution in [0.5, 0.6) is 0 Å². The second-order valence-corrected chi connectivity index (χ2v) is 7.78. The summed E-state index contributed by atoms with van der Waals surface area (Å²) in [4.78, 5) is 26.8. The van der Waals surface area contributed by atoms with Gasteiger partial charge in [-0.1, -0.05) is 42.1 Å². The molecule has 4 rings (SSSR count). The maximum Gasteiger partial charge on any atom is 0.369 e. The predicted octanol–water partition coefficient (Wildman–Crippen LogP) is 3.28. The van der Waals surface area contributed by atoms with Crippen LogP contribution in [-0.2, 0) is 11.3 Å². The molecule has 0 saturated heterocycles. The summed E-state index contributed by atoms with van der Waals surface area (Å²) in [5, 5.41) is 13.0. The molecule has 4 aromatic rings. The van der Waals surface area contributed by atoms with E-state index in [1.54, 1.807) is 17.8 Å². The zero-order valence-electron chi connectivity index (χ0n) is 14.6. The molecule has 0 fully saturated rings. The molecule has 1 amide bonds. The monoisotopic (exact) mass is 409 g/mol. The van der Waals surface area contributed by atoms with Crippen LogP contribution in [0.4, 0.5) is 5.69 Å². The third kappa shape index (κ3) is 4.05. The van der Waals surface area contributed by atoms with Gasteiger partial charge in [-0.2, -0.15) is 9.36 Å². The van der Waals surface area contributed by atoms with Gasteiger partial charge < -0.3 is 5.32 Å². The summed E-state index contributed by atoms with van der Waals surface area (Å²) in [6.07, 6.45) is 0. The van der Waals surface area contributed by atoms with Gasteiger partial charge in [-0.3, -0.25) is 4.79 Å². The quantitative estimate of drug-likeness (QED) is 0.529. The number of para-hydroxylation sites is 1. The number of aromatic nitrogens is 4. The second kappa shape index (κ2) is 8.24. The molecular formula is C19H15N5O2S2. The van der Waals surface area contributed by atoms with Crippen molar-refractivity contribution in [2.24, 2.45) is 0 Å². The number of nitrogens with zero attached hydrogens (tertiary/aromatic N) is 4. The number of thiophene rings is 1. The molecule has 0 atom stereocenters. The van der Waals surface area contributed by atoms with Crippen molar-refractivity contribution in [3.8, 4) is 5.00 Å². The first-order valence-corrected chi connectivity index (χ1v) is 10.1. The number of amides is 1. The summed E-state index contributed by atoms with van der Waals surface area (Å²) in [7, 11) is 0. The maximum atomic E-state index is 12.5. The van der Waals surface area contributed by atoms with Gasteiger partial charge in [-0.15, -0.1) is 11.3 Å². The molecule has 2 aromatic heterocycles. The zero-order valence-corrected chi connectivity index (χ0v) is 16.2. The van der Waals surface area contributed by atoms with E-state index in [4.69, 9.17) is 0 Å². The van der Waals surface area contributed by atoms with Gasteiger partial charge in [0, 0.05) is 9.79 Å². The molecule has 1 N–H and O–H groups in total. The molecular weight excluding hydrogens is 394 g/mol. The lowest BCUT2D eigenvalue weighted by atomic mass is 10.3. The highest BCUT2D eigenvalue weighted by Crippen LogP contribution is 2.33. The number of nitrogens with one attached hydrogen (secondary N) is 1. The summed E-state index contributed by atoms with van der Waals surface area (Å²) in [6, 6.07) is 21.0. The average molecular weight is 409 g/mol. The van der Waals surface area contributed by atoms with E-state index in [1.807, 2.05) is 66.0 Å². The molecule has 7 nitrogen and oxygen atoms in total. The highest BCUT2D eigenvalue weighted by Gasteiger charge is 2.14. The van der Waals surface area contributed by atoms with Crippen molar-refractivity contribution in [3.05, 3.63) is 82.6 Å². The van der Waals surface area contributed by atoms with Crippen LogP contribution in [0.3, 0.4) is 0 Å². The Labute approximate surface area is 168 Å². The SMILES string of the molecule is O=C(Cn1nnn(-c2cccs2)c1=O)Nc1ccccc1Sc1ccccc1. The normalized spacial score (nSPS) is 10.7. The second-order valence-electron chi connectivity index (χ2n) is 5.74. The Bertz CT molecular complexity index is 1140. The Balaban J connectivity index is 1.49. The standard InChI is InChI=1S/C19H15N5O2S2/c25-17(13-23-19(26)24(22-21-23)18-11-6-12-27-18)20-15-9-4-5-10-16(15)28-14-7-2-1-3-8-14/h1-12H,13H2,(H,20,25). The van der Waals surface area contributed by atoms with E-state index in [0.717, 1.165) is 14.5 Å². The largest absolute Gasteiger partial charge is 0.369 e. The van der Waals surface area contributed by atoms with Crippen LogP contribution in [0, 0.1) is 0 Å². The van der Waals surface area contributed by atoms with Crippen LogP contribution in [0.25, 0.3) is 5.00 Å². The van der Waals surface area contributed by atoms with Gasteiger partial charge in [0.05, 0.1) is 5.69 Å². The van der Waals surface area contributed by atoms with Gasteiger partial charge in [0.2, 0.25) is 5.91 Å². The molecule has 28 heavy (non-hydrogen) atoms. The molecule has 140 valence electrons. The van der Waals surface area contributed by atoms with Crippen LogP contribution in [0.15, 0.2) is 86.7 Å². The summed E-state index contributed by atoms with van der Waals surface area (Å²) in [5.74, 6) is -0.346. The predicted molar refractivity (Wildman–Crippen MR) is 109 cm³/mol. The van der Waals surface area contributed by atoms with Crippen LogP contribution >= 0.6 is 23.1 Å². The summed E-state index contributed by atoms with van der Waals surface area (Å²) in [5.41, 5.74) is 0.226. The minimum absolute atomic E-state index is 0.214. The Morgan fingerprint density at radius 1 is 1.00 bits per heavy atom. The number of anilines is 1. The first-order valence-electron chi connectivity index (χ1n) is 8.39. The van der Waals surface area contributed by atoms with Gasteiger partial charge in [0.15, 0.2) is 0 Å². The summed E-state index contributed by atoms with van der Waals surface area (Å²) < 4.78 is 2.22. The summed E-state index contributed by atoms with van der Waals surface area (Å²) in [6.45, 7) is -0.214. The van der Waals surface area contributed by atoms with Crippen molar-refractivity contribution in [2.75, 3.05) is 5.32 Å². The van der Waals surface area contributed by atoms with Gasteiger partial charge in [0.25, 0.3) is 0 Å². The van der Waals surface area contributed by atoms with Crippen LogP contribution in [-0.4, -0.2) is 25.7 Å². The number of hydrogen-bond acceptors (Lipinski definition) is 6. The number of carbonyl (C=O) groups excluding carboxylic acids is 1. The van der Waals surface area contributed by atoms with Gasteiger partial charge in [0.1, 0.15) is 11.5 Å². The lowest BCUT2D eigenvalue weighted by molar-refractivity contribution is -0.117. The molecule has 2 aromatic carbocycles. The van der Waals surface area contributed by atoms with Crippen molar-refractivity contribution in [2.45, 2.75) is 16.3 Å². The van der Waals surface area contributed by atoms with Gasteiger partial charge in [-0.05, 0) is 52.2 Å². The third-order valence-electron chi connectivity index (χ3n) is 3.78. The van der Waals surface area contributed by atoms with E-state index in [9.17, 15) is 9.59 Å². The zero-order chi connectivity index (χ0) is 19.3. The summed E-state index contributed by atoms with van der Waals surface area (Å²) >= 11 is 2.93. The molecule has 0 radical (unpaired) electrons. The molecule has 2 heterocycles. The van der Waals surface area contributed by atoms with Crippen molar-refractivity contribution >= 4 is 34.7 Å². The highest BCUT2D eigenvalue weighted by molar-refractivity contribution is 7.99. The van der Waals surface area contributed by atoms with E-state index in [2.05, 4.69) is 15.7 Å². The highest BCUT2D eigenvalue weighted by atomic mass is 32.2. The van der Waals surface area contributed by atoms with E-state index in [0.29, 0.717) is 10.7 Å². The first kappa shape index (κ1) is 18.2. The minimum atomic E-state index is -0.454. The lowest BCUT2D eigenvalue weighted by Crippen LogP contribution is -2.29. The third-order valence-corrected chi connectivity index (χ3v) is 5.71. The Morgan fingerprint density at radius 3 is 2.57 bits per heavy atom. The number of hydrogen-bond donors (Lipinski definition) is 1. The molecule has 0 saturated carbocycles. The fourth-order valence-electron chi connectivity index (χ4n) is 2.50. The maximum absolute atomic E-state index is 12.5. The van der Waals surface area contributed by atoms with Crippen molar-refractivity contribution in [1.82, 2.24) is 19.8 Å². The average Bonchev–Trinajstić information content (AvgIpc) is 3.35. The Morgan fingerprint density at radius 2 is 1.79 bits per heavy atom. The topological polar surface area (TPSA) is 81.8 Å². The van der Waals surface area contributed by atoms with Crippen molar-refractivity contribution in [1.29, 1.82) is 0 Å². The fraction of sp³-hybridized carbons (Fsp3) is 0.0526. The van der Waals surface area contributed by atoms with Crippen molar-refractivity contribution in [3.63, 3.8) is 0 Å². The molecule has 9 heteroatoms. The number of tetrazole rings is 1. The first-order chi connectivity index (χ1) is 13.7. The van der Waals surface area contributed by atoms with Crippen LogP contribution in [0.2, 0.25) is 0 Å². The number of rotatable bonds is 6. The molecule has 0 bridgehead atoms. The Kier molecular flexibility index (Phi) is 5.36. The van der Waals surface area contributed by atoms with E-state index in [1.165, 1.54) is 16.0 Å². The molecule has 0 aliphatic rings. The fourth-order valence-corrected chi connectivity index (χ4v) is 4.09. The van der Waals surface area contributed by atoms with Crippen LogP contribution in [0.1, 0.15) is 0 Å². The van der Waals surface area contributed by atoms with E-state index in [-0.39, 0.29) is 12.5 Å². The van der Waals surface area contributed by atoms with Crippen molar-refractivity contribution < 1.29 is 4.79 Å². The van der Waals surface area contributed by atoms with E-state index < -0.39 is 5.69 Å². The Hall–Kier alpha value is -3.17. The molecule has 0 spiro atoms.